The van der Waals surface area contributed by atoms with Crippen molar-refractivity contribution in [1.29, 1.82) is 0 Å². The van der Waals surface area contributed by atoms with Crippen LogP contribution >= 0.6 is 0 Å². The lowest BCUT2D eigenvalue weighted by Gasteiger charge is -2.12. The van der Waals surface area contributed by atoms with Crippen molar-refractivity contribution in [3.05, 3.63) is 11.8 Å². The third kappa shape index (κ3) is 4.55. The van der Waals surface area contributed by atoms with Gasteiger partial charge in [0.1, 0.15) is 0 Å². The van der Waals surface area contributed by atoms with Crippen LogP contribution < -0.4 is 0 Å². The van der Waals surface area contributed by atoms with Crippen LogP contribution in [0.3, 0.4) is 0 Å². The lowest BCUT2D eigenvalue weighted by molar-refractivity contribution is -0.140. The molecule has 0 aromatic rings. The number of ether oxygens (including phenoxy) is 1. The number of azo groups is 1. The molecular formula is C12H20N2O2. The molecule has 1 unspecified atom stereocenters. The molecule has 1 heterocycles. The lowest BCUT2D eigenvalue weighted by Crippen LogP contribution is -2.05. The number of carbonyl (C=O) groups is 1. The van der Waals surface area contributed by atoms with Gasteiger partial charge in [-0.15, -0.1) is 0 Å². The molecule has 0 aromatic carbocycles. The van der Waals surface area contributed by atoms with Gasteiger partial charge >= 0.3 is 5.97 Å². The highest BCUT2D eigenvalue weighted by Gasteiger charge is 2.10. The standard InChI is InChI=1S/C12H20N2O2/c1-3-5-10-8-9-11(14-13-10)6-4-7-12(15)16-2/h9-10H,3-8H2,1-2H3. The van der Waals surface area contributed by atoms with E-state index in [4.69, 9.17) is 0 Å². The van der Waals surface area contributed by atoms with Crippen molar-refractivity contribution in [3.8, 4) is 0 Å². The van der Waals surface area contributed by atoms with Gasteiger partial charge in [-0.1, -0.05) is 19.4 Å². The Hall–Kier alpha value is -1.19. The molecule has 0 bridgehead atoms. The average Bonchev–Trinajstić information content (AvgIpc) is 2.31. The second-order valence-electron chi connectivity index (χ2n) is 4.02. The summed E-state index contributed by atoms with van der Waals surface area (Å²) >= 11 is 0. The van der Waals surface area contributed by atoms with Gasteiger partial charge in [0.2, 0.25) is 0 Å². The smallest absolute Gasteiger partial charge is 0.305 e. The van der Waals surface area contributed by atoms with Gasteiger partial charge in [-0.2, -0.15) is 10.2 Å². The summed E-state index contributed by atoms with van der Waals surface area (Å²) in [6.45, 7) is 2.16. The summed E-state index contributed by atoms with van der Waals surface area (Å²) in [5.74, 6) is -0.155. The van der Waals surface area contributed by atoms with E-state index < -0.39 is 0 Å². The molecule has 0 radical (unpaired) electrons. The van der Waals surface area contributed by atoms with Crippen molar-refractivity contribution in [1.82, 2.24) is 0 Å². The summed E-state index contributed by atoms with van der Waals surface area (Å²) in [6.07, 6.45) is 7.45. The van der Waals surface area contributed by atoms with E-state index in [2.05, 4.69) is 28.0 Å². The minimum absolute atomic E-state index is 0.155. The zero-order chi connectivity index (χ0) is 11.8. The first-order valence-corrected chi connectivity index (χ1v) is 5.93. The molecule has 1 atom stereocenters. The molecule has 1 aliphatic heterocycles. The van der Waals surface area contributed by atoms with Gasteiger partial charge in [0, 0.05) is 6.42 Å². The highest BCUT2D eigenvalue weighted by Crippen LogP contribution is 2.20. The van der Waals surface area contributed by atoms with E-state index in [1.807, 2.05) is 0 Å². The van der Waals surface area contributed by atoms with E-state index in [0.717, 1.165) is 37.8 Å². The number of hydrogen-bond acceptors (Lipinski definition) is 4. The molecule has 0 saturated carbocycles. The summed E-state index contributed by atoms with van der Waals surface area (Å²) in [7, 11) is 1.41. The highest BCUT2D eigenvalue weighted by atomic mass is 16.5. The Bertz CT molecular complexity index is 285. The van der Waals surface area contributed by atoms with Crippen LogP contribution in [0, 0.1) is 0 Å². The summed E-state index contributed by atoms with van der Waals surface area (Å²) in [5, 5.41) is 8.45. The molecule has 90 valence electrons. The SMILES string of the molecule is CCCC1CC=C(CCCC(=O)OC)N=N1. The normalized spacial score (nSPS) is 19.4. The van der Waals surface area contributed by atoms with Gasteiger partial charge in [-0.05, 0) is 25.7 Å². The summed E-state index contributed by atoms with van der Waals surface area (Å²) in [6, 6.07) is 0.370. The molecule has 0 N–H and O–H groups in total. The zero-order valence-corrected chi connectivity index (χ0v) is 10.1. The van der Waals surface area contributed by atoms with Crippen LogP contribution in [0.5, 0.6) is 0 Å². The van der Waals surface area contributed by atoms with E-state index >= 15 is 0 Å². The van der Waals surface area contributed by atoms with Gasteiger partial charge in [-0.3, -0.25) is 4.79 Å². The van der Waals surface area contributed by atoms with Crippen LogP contribution in [0.25, 0.3) is 0 Å². The van der Waals surface area contributed by atoms with Crippen molar-refractivity contribution in [2.75, 3.05) is 7.11 Å². The van der Waals surface area contributed by atoms with Crippen LogP contribution in [0.2, 0.25) is 0 Å². The van der Waals surface area contributed by atoms with Gasteiger partial charge < -0.3 is 4.74 Å². The Labute approximate surface area is 96.8 Å². The average molecular weight is 224 g/mol. The predicted octanol–water partition coefficient (Wildman–Crippen LogP) is 3.24. The Morgan fingerprint density at radius 2 is 2.44 bits per heavy atom. The van der Waals surface area contributed by atoms with E-state index in [0.29, 0.717) is 12.5 Å². The Balaban J connectivity index is 2.20. The second kappa shape index (κ2) is 7.14. The van der Waals surface area contributed by atoms with Gasteiger partial charge in [0.25, 0.3) is 0 Å². The van der Waals surface area contributed by atoms with Gasteiger partial charge in [0.05, 0.1) is 18.8 Å². The van der Waals surface area contributed by atoms with E-state index in [9.17, 15) is 4.79 Å². The number of nitrogens with zero attached hydrogens (tertiary/aromatic N) is 2. The quantitative estimate of drug-likeness (QED) is 0.650. The Morgan fingerprint density at radius 1 is 1.62 bits per heavy atom. The van der Waals surface area contributed by atoms with Crippen LogP contribution in [0.1, 0.15) is 45.4 Å². The molecule has 16 heavy (non-hydrogen) atoms. The fourth-order valence-electron chi connectivity index (χ4n) is 1.69. The predicted molar refractivity (Wildman–Crippen MR) is 62.1 cm³/mol. The number of methoxy groups -OCH3 is 1. The topological polar surface area (TPSA) is 51.0 Å². The fraction of sp³-hybridized carbons (Fsp3) is 0.750. The zero-order valence-electron chi connectivity index (χ0n) is 10.1. The van der Waals surface area contributed by atoms with E-state index in [1.54, 1.807) is 0 Å². The Kier molecular flexibility index (Phi) is 5.75. The van der Waals surface area contributed by atoms with E-state index in [-0.39, 0.29) is 5.97 Å². The van der Waals surface area contributed by atoms with Crippen molar-refractivity contribution >= 4 is 5.97 Å². The van der Waals surface area contributed by atoms with Gasteiger partial charge in [-0.25, -0.2) is 0 Å². The molecule has 0 aromatic heterocycles. The summed E-state index contributed by atoms with van der Waals surface area (Å²) < 4.78 is 4.58. The first-order valence-electron chi connectivity index (χ1n) is 5.93. The third-order valence-electron chi connectivity index (χ3n) is 2.64. The van der Waals surface area contributed by atoms with Crippen molar-refractivity contribution in [2.45, 2.75) is 51.5 Å². The molecule has 1 aliphatic rings. The molecule has 0 spiro atoms. The Morgan fingerprint density at radius 3 is 3.00 bits per heavy atom. The molecule has 0 amide bonds. The minimum Gasteiger partial charge on any atom is -0.469 e. The number of rotatable bonds is 6. The molecule has 4 nitrogen and oxygen atoms in total. The van der Waals surface area contributed by atoms with Gasteiger partial charge in [0.15, 0.2) is 0 Å². The summed E-state index contributed by atoms with van der Waals surface area (Å²) in [4.78, 5) is 10.9. The maximum atomic E-state index is 10.9. The van der Waals surface area contributed by atoms with E-state index in [1.165, 1.54) is 7.11 Å². The number of allylic oxidation sites excluding steroid dienone is 1. The largest absolute Gasteiger partial charge is 0.469 e. The van der Waals surface area contributed by atoms with Crippen molar-refractivity contribution in [3.63, 3.8) is 0 Å². The molecule has 0 aliphatic carbocycles. The highest BCUT2D eigenvalue weighted by molar-refractivity contribution is 5.69. The van der Waals surface area contributed by atoms with Crippen LogP contribution in [0.4, 0.5) is 0 Å². The fourth-order valence-corrected chi connectivity index (χ4v) is 1.69. The van der Waals surface area contributed by atoms with Crippen LogP contribution in [-0.4, -0.2) is 19.1 Å². The number of esters is 1. The first kappa shape index (κ1) is 12.9. The van der Waals surface area contributed by atoms with Crippen LogP contribution in [-0.2, 0) is 9.53 Å². The minimum atomic E-state index is -0.155. The molecule has 0 saturated heterocycles. The number of hydrogen-bond donors (Lipinski definition) is 0. The maximum Gasteiger partial charge on any atom is 0.305 e. The second-order valence-corrected chi connectivity index (χ2v) is 4.02. The molecular weight excluding hydrogens is 204 g/mol. The van der Waals surface area contributed by atoms with Crippen molar-refractivity contribution < 1.29 is 9.53 Å². The van der Waals surface area contributed by atoms with Crippen LogP contribution in [0.15, 0.2) is 22.0 Å². The monoisotopic (exact) mass is 224 g/mol. The van der Waals surface area contributed by atoms with Crippen molar-refractivity contribution in [2.24, 2.45) is 10.2 Å². The first-order chi connectivity index (χ1) is 7.76. The maximum absolute atomic E-state index is 10.9. The number of carbonyl (C=O) groups excluding carboxylic acids is 1. The summed E-state index contributed by atoms with van der Waals surface area (Å²) in [5.41, 5.74) is 1.01. The molecule has 0 fully saturated rings. The lowest BCUT2D eigenvalue weighted by atomic mass is 10.1. The molecule has 1 rings (SSSR count). The molecule has 4 heteroatoms. The third-order valence-corrected chi connectivity index (χ3v) is 2.64.